The standard InChI is InChI=1S/C21H32FN3O5S/c1-3-15-31(27,28)25-11-9-24(10-12-25)21(7-13-30-14-8-21)16-23-20(26)19-17(22)5-4-6-18(19)29-2/h4-6H,3,7-16H2,1-2H3,(H,23,26). The molecule has 10 heteroatoms. The second-order valence-electron chi connectivity index (χ2n) is 8.04. The van der Waals surface area contributed by atoms with E-state index in [4.69, 9.17) is 9.47 Å². The van der Waals surface area contributed by atoms with Gasteiger partial charge in [-0.25, -0.2) is 12.8 Å². The number of sulfonamides is 1. The molecule has 2 saturated heterocycles. The number of hydrogen-bond acceptors (Lipinski definition) is 6. The summed E-state index contributed by atoms with van der Waals surface area (Å²) in [6.07, 6.45) is 2.02. The fourth-order valence-corrected chi connectivity index (χ4v) is 5.91. The monoisotopic (exact) mass is 457 g/mol. The normalized spacial score (nSPS) is 20.4. The third kappa shape index (κ3) is 5.36. The summed E-state index contributed by atoms with van der Waals surface area (Å²) in [5, 5.41) is 2.90. The van der Waals surface area contributed by atoms with Gasteiger partial charge in [0.2, 0.25) is 10.0 Å². The predicted molar refractivity (Wildman–Crippen MR) is 115 cm³/mol. The molecule has 2 heterocycles. The Labute approximate surface area is 183 Å². The summed E-state index contributed by atoms with van der Waals surface area (Å²) in [5.41, 5.74) is -0.463. The molecule has 8 nitrogen and oxygen atoms in total. The Morgan fingerprint density at radius 3 is 2.52 bits per heavy atom. The molecule has 2 fully saturated rings. The van der Waals surface area contributed by atoms with Crippen LogP contribution in [-0.2, 0) is 14.8 Å². The Morgan fingerprint density at radius 2 is 1.90 bits per heavy atom. The van der Waals surface area contributed by atoms with Crippen LogP contribution in [0, 0.1) is 5.82 Å². The van der Waals surface area contributed by atoms with Crippen LogP contribution in [0.25, 0.3) is 0 Å². The molecule has 0 unspecified atom stereocenters. The maximum Gasteiger partial charge on any atom is 0.258 e. The van der Waals surface area contributed by atoms with Gasteiger partial charge in [-0.15, -0.1) is 0 Å². The van der Waals surface area contributed by atoms with Gasteiger partial charge < -0.3 is 14.8 Å². The molecule has 31 heavy (non-hydrogen) atoms. The van der Waals surface area contributed by atoms with Crippen LogP contribution < -0.4 is 10.1 Å². The third-order valence-corrected chi connectivity index (χ3v) is 8.26. The minimum Gasteiger partial charge on any atom is -0.496 e. The largest absolute Gasteiger partial charge is 0.496 e. The van der Waals surface area contributed by atoms with Crippen LogP contribution in [0.1, 0.15) is 36.5 Å². The van der Waals surface area contributed by atoms with Gasteiger partial charge in [0, 0.05) is 51.5 Å². The highest BCUT2D eigenvalue weighted by Gasteiger charge is 2.41. The van der Waals surface area contributed by atoms with Gasteiger partial charge in [0.1, 0.15) is 17.1 Å². The molecule has 2 aliphatic heterocycles. The highest BCUT2D eigenvalue weighted by Crippen LogP contribution is 2.30. The van der Waals surface area contributed by atoms with Crippen molar-refractivity contribution in [3.63, 3.8) is 0 Å². The zero-order chi connectivity index (χ0) is 22.5. The first-order valence-electron chi connectivity index (χ1n) is 10.7. The molecule has 1 aromatic carbocycles. The second kappa shape index (κ2) is 10.2. The number of carbonyl (C=O) groups is 1. The SMILES string of the molecule is CCCS(=O)(=O)N1CCN(C2(CNC(=O)c3c(F)cccc3OC)CCOCC2)CC1. The smallest absolute Gasteiger partial charge is 0.258 e. The van der Waals surface area contributed by atoms with Crippen LogP contribution in [0.15, 0.2) is 18.2 Å². The average molecular weight is 458 g/mol. The molecule has 0 saturated carbocycles. The van der Waals surface area contributed by atoms with Crippen molar-refractivity contribution < 1.29 is 27.1 Å². The highest BCUT2D eigenvalue weighted by atomic mass is 32.2. The Kier molecular flexibility index (Phi) is 7.90. The minimum absolute atomic E-state index is 0.109. The van der Waals surface area contributed by atoms with Crippen molar-refractivity contribution in [3.05, 3.63) is 29.6 Å². The van der Waals surface area contributed by atoms with E-state index in [1.807, 2.05) is 6.92 Å². The van der Waals surface area contributed by atoms with E-state index >= 15 is 0 Å². The fourth-order valence-electron chi connectivity index (χ4n) is 4.41. The summed E-state index contributed by atoms with van der Waals surface area (Å²) in [5.74, 6) is -0.808. The molecular formula is C21H32FN3O5S. The van der Waals surface area contributed by atoms with Crippen LogP contribution >= 0.6 is 0 Å². The van der Waals surface area contributed by atoms with Crippen molar-refractivity contribution in [2.75, 3.05) is 58.8 Å². The number of nitrogens with one attached hydrogen (secondary N) is 1. The number of amides is 1. The van der Waals surface area contributed by atoms with E-state index in [9.17, 15) is 17.6 Å². The fraction of sp³-hybridized carbons (Fsp3) is 0.667. The molecule has 1 N–H and O–H groups in total. The van der Waals surface area contributed by atoms with Crippen LogP contribution in [0.4, 0.5) is 4.39 Å². The zero-order valence-electron chi connectivity index (χ0n) is 18.2. The van der Waals surface area contributed by atoms with Gasteiger partial charge in [-0.2, -0.15) is 4.31 Å². The summed E-state index contributed by atoms with van der Waals surface area (Å²) >= 11 is 0. The number of piperazine rings is 1. The molecule has 1 amide bonds. The van der Waals surface area contributed by atoms with Crippen molar-refractivity contribution in [2.24, 2.45) is 0 Å². The quantitative estimate of drug-likeness (QED) is 0.636. The van der Waals surface area contributed by atoms with Crippen LogP contribution in [0.5, 0.6) is 5.75 Å². The molecule has 0 spiro atoms. The maximum atomic E-state index is 14.3. The van der Waals surface area contributed by atoms with Crippen molar-refractivity contribution in [1.82, 2.24) is 14.5 Å². The average Bonchev–Trinajstić information content (AvgIpc) is 2.78. The third-order valence-electron chi connectivity index (χ3n) is 6.19. The molecule has 0 aromatic heterocycles. The predicted octanol–water partition coefficient (Wildman–Crippen LogP) is 1.47. The van der Waals surface area contributed by atoms with Crippen LogP contribution in [0.3, 0.4) is 0 Å². The summed E-state index contributed by atoms with van der Waals surface area (Å²) in [7, 11) is -1.82. The summed E-state index contributed by atoms with van der Waals surface area (Å²) in [6.45, 7) is 5.34. The lowest BCUT2D eigenvalue weighted by atomic mass is 9.87. The molecule has 0 radical (unpaired) electrons. The lowest BCUT2D eigenvalue weighted by molar-refractivity contribution is -0.0385. The summed E-state index contributed by atoms with van der Waals surface area (Å²) in [4.78, 5) is 15.1. The van der Waals surface area contributed by atoms with Gasteiger partial charge in [-0.05, 0) is 31.4 Å². The number of rotatable bonds is 8. The molecule has 0 aliphatic carbocycles. The molecule has 0 bridgehead atoms. The number of hydrogen-bond donors (Lipinski definition) is 1. The Bertz CT molecular complexity index is 866. The van der Waals surface area contributed by atoms with Gasteiger partial charge >= 0.3 is 0 Å². The summed E-state index contributed by atoms with van der Waals surface area (Å²) < 4.78 is 51.3. The lowest BCUT2D eigenvalue weighted by Crippen LogP contribution is -2.63. The first-order valence-corrected chi connectivity index (χ1v) is 12.4. The van der Waals surface area contributed by atoms with E-state index in [2.05, 4.69) is 10.2 Å². The van der Waals surface area contributed by atoms with Gasteiger partial charge in [0.25, 0.3) is 5.91 Å². The van der Waals surface area contributed by atoms with Crippen molar-refractivity contribution in [2.45, 2.75) is 31.7 Å². The molecule has 174 valence electrons. The van der Waals surface area contributed by atoms with E-state index in [1.54, 1.807) is 10.4 Å². The van der Waals surface area contributed by atoms with Gasteiger partial charge in [-0.3, -0.25) is 9.69 Å². The molecule has 2 aliphatic rings. The number of carbonyl (C=O) groups excluding carboxylic acids is 1. The van der Waals surface area contributed by atoms with Gasteiger partial charge in [0.05, 0.1) is 12.9 Å². The lowest BCUT2D eigenvalue weighted by Gasteiger charge is -2.49. The number of ether oxygens (including phenoxy) is 2. The Morgan fingerprint density at radius 1 is 1.23 bits per heavy atom. The molecular weight excluding hydrogens is 425 g/mol. The van der Waals surface area contributed by atoms with Gasteiger partial charge in [0.15, 0.2) is 0 Å². The van der Waals surface area contributed by atoms with E-state index in [-0.39, 0.29) is 22.6 Å². The Balaban J connectivity index is 1.70. The first-order chi connectivity index (χ1) is 14.8. The second-order valence-corrected chi connectivity index (χ2v) is 10.1. The zero-order valence-corrected chi connectivity index (χ0v) is 19.0. The maximum absolute atomic E-state index is 14.3. The molecule has 1 aromatic rings. The van der Waals surface area contributed by atoms with Gasteiger partial charge in [-0.1, -0.05) is 13.0 Å². The Hall–Kier alpha value is -1.75. The van der Waals surface area contributed by atoms with Crippen molar-refractivity contribution in [1.29, 1.82) is 0 Å². The minimum atomic E-state index is -3.22. The topological polar surface area (TPSA) is 88.2 Å². The van der Waals surface area contributed by atoms with Crippen molar-refractivity contribution in [3.8, 4) is 5.75 Å². The highest BCUT2D eigenvalue weighted by molar-refractivity contribution is 7.89. The van der Waals surface area contributed by atoms with Crippen molar-refractivity contribution >= 4 is 15.9 Å². The van der Waals surface area contributed by atoms with E-state index in [1.165, 1.54) is 19.2 Å². The van der Waals surface area contributed by atoms with Crippen LogP contribution in [-0.4, -0.2) is 87.9 Å². The molecule has 0 atom stereocenters. The number of nitrogens with zero attached hydrogens (tertiary/aromatic N) is 2. The van der Waals surface area contributed by atoms with E-state index in [0.717, 1.165) is 0 Å². The first kappa shape index (κ1) is 23.9. The van der Waals surface area contributed by atoms with Crippen LogP contribution in [0.2, 0.25) is 0 Å². The number of halogens is 1. The number of methoxy groups -OCH3 is 1. The number of benzene rings is 1. The van der Waals surface area contributed by atoms with E-state index in [0.29, 0.717) is 65.2 Å². The molecule has 3 rings (SSSR count). The summed E-state index contributed by atoms with van der Waals surface area (Å²) in [6, 6.07) is 4.28. The van der Waals surface area contributed by atoms with E-state index < -0.39 is 21.7 Å².